The average molecular weight is 356 g/mol. The molecule has 2 aromatic carbocycles. The van der Waals surface area contributed by atoms with E-state index in [0.717, 1.165) is 15.8 Å². The maximum absolute atomic E-state index is 12.3. The second kappa shape index (κ2) is 7.53. The summed E-state index contributed by atoms with van der Waals surface area (Å²) in [4.78, 5) is 13.4. The number of fused-ring (bicyclic) bond motifs is 1. The molecule has 0 aliphatic heterocycles. The summed E-state index contributed by atoms with van der Waals surface area (Å²) in [5.74, 6) is 1.49. The van der Waals surface area contributed by atoms with Gasteiger partial charge in [-0.05, 0) is 18.2 Å². The summed E-state index contributed by atoms with van der Waals surface area (Å²) in [7, 11) is 5.16. The van der Waals surface area contributed by atoms with Crippen LogP contribution >= 0.6 is 11.8 Å². The first-order valence-electron chi connectivity index (χ1n) is 7.81. The number of anilines is 1. The molecule has 0 bridgehead atoms. The van der Waals surface area contributed by atoms with Gasteiger partial charge in [0.1, 0.15) is 11.5 Å². The van der Waals surface area contributed by atoms with Crippen LogP contribution in [0, 0.1) is 0 Å². The largest absolute Gasteiger partial charge is 0.497 e. The first kappa shape index (κ1) is 17.2. The van der Waals surface area contributed by atoms with Gasteiger partial charge in [0.2, 0.25) is 5.91 Å². The highest BCUT2D eigenvalue weighted by molar-refractivity contribution is 8.00. The summed E-state index contributed by atoms with van der Waals surface area (Å²) in [5.41, 5.74) is 1.79. The normalized spacial score (nSPS) is 10.7. The highest BCUT2D eigenvalue weighted by atomic mass is 32.2. The number of aromatic nitrogens is 1. The van der Waals surface area contributed by atoms with E-state index in [2.05, 4.69) is 28.2 Å². The van der Waals surface area contributed by atoms with Gasteiger partial charge in [0.25, 0.3) is 0 Å². The fourth-order valence-electron chi connectivity index (χ4n) is 2.65. The van der Waals surface area contributed by atoms with Gasteiger partial charge in [0.05, 0.1) is 25.7 Å². The van der Waals surface area contributed by atoms with Crippen molar-refractivity contribution in [1.29, 1.82) is 0 Å². The van der Waals surface area contributed by atoms with Crippen LogP contribution in [-0.2, 0) is 11.8 Å². The van der Waals surface area contributed by atoms with Crippen molar-refractivity contribution < 1.29 is 14.3 Å². The van der Waals surface area contributed by atoms with Crippen molar-refractivity contribution in [3.8, 4) is 11.5 Å². The van der Waals surface area contributed by atoms with Crippen molar-refractivity contribution in [2.75, 3.05) is 25.3 Å². The lowest BCUT2D eigenvalue weighted by Crippen LogP contribution is -2.14. The smallest absolute Gasteiger partial charge is 0.234 e. The molecule has 3 aromatic rings. The molecule has 25 heavy (non-hydrogen) atoms. The van der Waals surface area contributed by atoms with Gasteiger partial charge in [-0.15, -0.1) is 11.8 Å². The molecule has 0 unspecified atom stereocenters. The third-order valence-corrected chi connectivity index (χ3v) is 4.94. The Balaban J connectivity index is 1.69. The maximum atomic E-state index is 12.3. The molecular weight excluding hydrogens is 336 g/mol. The second-order valence-electron chi connectivity index (χ2n) is 5.52. The van der Waals surface area contributed by atoms with Crippen LogP contribution in [0.15, 0.2) is 53.6 Å². The Morgan fingerprint density at radius 2 is 1.96 bits per heavy atom. The zero-order valence-electron chi connectivity index (χ0n) is 14.4. The van der Waals surface area contributed by atoms with Gasteiger partial charge in [0.15, 0.2) is 0 Å². The van der Waals surface area contributed by atoms with Crippen LogP contribution in [0.2, 0.25) is 0 Å². The Morgan fingerprint density at radius 1 is 1.16 bits per heavy atom. The van der Waals surface area contributed by atoms with Crippen LogP contribution in [0.1, 0.15) is 0 Å². The Morgan fingerprint density at radius 3 is 2.72 bits per heavy atom. The van der Waals surface area contributed by atoms with Gasteiger partial charge in [-0.2, -0.15) is 0 Å². The number of methoxy groups -OCH3 is 2. The van der Waals surface area contributed by atoms with Gasteiger partial charge < -0.3 is 19.4 Å². The van der Waals surface area contributed by atoms with Crippen LogP contribution in [0.5, 0.6) is 11.5 Å². The lowest BCUT2D eigenvalue weighted by Gasteiger charge is -2.11. The molecule has 3 rings (SSSR count). The van der Waals surface area contributed by atoms with E-state index in [4.69, 9.17) is 9.47 Å². The van der Waals surface area contributed by atoms with E-state index in [1.54, 1.807) is 32.4 Å². The van der Waals surface area contributed by atoms with Crippen molar-refractivity contribution >= 4 is 34.3 Å². The van der Waals surface area contributed by atoms with Crippen LogP contribution in [0.3, 0.4) is 0 Å². The molecule has 0 aliphatic carbocycles. The van der Waals surface area contributed by atoms with Gasteiger partial charge in [-0.3, -0.25) is 4.79 Å². The first-order valence-corrected chi connectivity index (χ1v) is 8.79. The standard InChI is InChI=1S/C19H20N2O3S/c1-21-11-18(14-6-4-5-7-16(14)21)25-12-19(22)20-15-9-8-13(23-2)10-17(15)24-3/h4-11H,12H2,1-3H3,(H,20,22). The number of nitrogens with one attached hydrogen (secondary N) is 1. The quantitative estimate of drug-likeness (QED) is 0.680. The summed E-state index contributed by atoms with van der Waals surface area (Å²) in [6.45, 7) is 0. The Labute approximate surface area is 150 Å². The zero-order valence-corrected chi connectivity index (χ0v) is 15.2. The van der Waals surface area contributed by atoms with Gasteiger partial charge in [-0.25, -0.2) is 0 Å². The minimum atomic E-state index is -0.0820. The van der Waals surface area contributed by atoms with E-state index < -0.39 is 0 Å². The zero-order chi connectivity index (χ0) is 17.8. The third-order valence-electron chi connectivity index (χ3n) is 3.90. The number of para-hydroxylation sites is 1. The monoisotopic (exact) mass is 356 g/mol. The lowest BCUT2D eigenvalue weighted by molar-refractivity contribution is -0.113. The predicted octanol–water partition coefficient (Wildman–Crippen LogP) is 3.93. The first-order chi connectivity index (χ1) is 12.1. The SMILES string of the molecule is COc1ccc(NC(=O)CSc2cn(C)c3ccccc23)c(OC)c1. The lowest BCUT2D eigenvalue weighted by atomic mass is 10.2. The maximum Gasteiger partial charge on any atom is 0.234 e. The summed E-state index contributed by atoms with van der Waals surface area (Å²) in [6.07, 6.45) is 2.05. The number of benzene rings is 2. The third kappa shape index (κ3) is 3.74. The number of rotatable bonds is 6. The molecule has 1 amide bonds. The van der Waals surface area contributed by atoms with Crippen molar-refractivity contribution in [3.63, 3.8) is 0 Å². The molecule has 1 heterocycles. The molecule has 0 saturated heterocycles. The number of nitrogens with zero attached hydrogens (tertiary/aromatic N) is 1. The van der Waals surface area contributed by atoms with Crippen LogP contribution < -0.4 is 14.8 Å². The van der Waals surface area contributed by atoms with Gasteiger partial charge >= 0.3 is 0 Å². The Kier molecular flexibility index (Phi) is 5.19. The van der Waals surface area contributed by atoms with Crippen LogP contribution in [0.25, 0.3) is 10.9 Å². The number of hydrogen-bond acceptors (Lipinski definition) is 4. The number of carbonyl (C=O) groups excluding carboxylic acids is 1. The van der Waals surface area contributed by atoms with E-state index >= 15 is 0 Å². The molecule has 5 nitrogen and oxygen atoms in total. The second-order valence-corrected chi connectivity index (χ2v) is 6.54. The Hall–Kier alpha value is -2.60. The highest BCUT2D eigenvalue weighted by Gasteiger charge is 2.12. The van der Waals surface area contributed by atoms with Gasteiger partial charge in [0, 0.05) is 35.1 Å². The van der Waals surface area contributed by atoms with E-state index in [-0.39, 0.29) is 5.91 Å². The molecule has 130 valence electrons. The fourth-order valence-corrected chi connectivity index (χ4v) is 3.57. The van der Waals surface area contributed by atoms with E-state index in [0.29, 0.717) is 22.9 Å². The molecule has 1 N–H and O–H groups in total. The van der Waals surface area contributed by atoms with Crippen LogP contribution in [-0.4, -0.2) is 30.4 Å². The number of thioether (sulfide) groups is 1. The molecule has 1 aromatic heterocycles. The van der Waals surface area contributed by atoms with Crippen molar-refractivity contribution in [2.24, 2.45) is 7.05 Å². The minimum absolute atomic E-state index is 0.0820. The van der Waals surface area contributed by atoms with E-state index in [9.17, 15) is 4.79 Å². The molecular formula is C19H20N2O3S. The summed E-state index contributed by atoms with van der Waals surface area (Å²) >= 11 is 1.52. The summed E-state index contributed by atoms with van der Waals surface area (Å²) in [5, 5.41) is 4.05. The molecule has 0 atom stereocenters. The molecule has 6 heteroatoms. The highest BCUT2D eigenvalue weighted by Crippen LogP contribution is 2.31. The summed E-state index contributed by atoms with van der Waals surface area (Å²) < 4.78 is 12.5. The fraction of sp³-hybridized carbons (Fsp3) is 0.211. The summed E-state index contributed by atoms with van der Waals surface area (Å²) in [6, 6.07) is 13.5. The number of carbonyl (C=O) groups is 1. The molecule has 0 saturated carbocycles. The van der Waals surface area contributed by atoms with Gasteiger partial charge in [-0.1, -0.05) is 18.2 Å². The average Bonchev–Trinajstić information content (AvgIpc) is 2.96. The molecule has 0 aliphatic rings. The van der Waals surface area contributed by atoms with Crippen molar-refractivity contribution in [1.82, 2.24) is 4.57 Å². The van der Waals surface area contributed by atoms with Crippen molar-refractivity contribution in [3.05, 3.63) is 48.7 Å². The molecule has 0 fully saturated rings. The van der Waals surface area contributed by atoms with E-state index in [1.165, 1.54) is 11.8 Å². The topological polar surface area (TPSA) is 52.5 Å². The number of amides is 1. The number of hydrogen-bond donors (Lipinski definition) is 1. The minimum Gasteiger partial charge on any atom is -0.497 e. The van der Waals surface area contributed by atoms with Crippen molar-refractivity contribution in [2.45, 2.75) is 4.90 Å². The van der Waals surface area contributed by atoms with Crippen LogP contribution in [0.4, 0.5) is 5.69 Å². The predicted molar refractivity (Wildman–Crippen MR) is 102 cm³/mol. The number of aryl methyl sites for hydroxylation is 1. The Bertz CT molecular complexity index is 905. The number of ether oxygens (including phenoxy) is 2. The van der Waals surface area contributed by atoms with E-state index in [1.807, 2.05) is 19.2 Å². The molecule has 0 spiro atoms. The molecule has 0 radical (unpaired) electrons.